The van der Waals surface area contributed by atoms with Gasteiger partial charge in [-0.05, 0) is 49.4 Å². The zero-order chi connectivity index (χ0) is 14.4. The molecule has 0 atom stereocenters. The highest BCUT2D eigenvalue weighted by molar-refractivity contribution is 5.63. The van der Waals surface area contributed by atoms with Gasteiger partial charge < -0.3 is 4.74 Å². The fourth-order valence-corrected chi connectivity index (χ4v) is 2.06. The molecule has 2 rings (SSSR count). The third-order valence-electron chi connectivity index (χ3n) is 3.29. The van der Waals surface area contributed by atoms with Crippen LogP contribution in [0.3, 0.4) is 0 Å². The van der Waals surface area contributed by atoms with Gasteiger partial charge in [-0.1, -0.05) is 32.0 Å². The number of hydrogen-bond donors (Lipinski definition) is 0. The van der Waals surface area contributed by atoms with Crippen molar-refractivity contribution in [2.24, 2.45) is 5.92 Å². The summed E-state index contributed by atoms with van der Waals surface area (Å²) in [4.78, 5) is 4.32. The van der Waals surface area contributed by atoms with Gasteiger partial charge in [-0.2, -0.15) is 0 Å². The van der Waals surface area contributed by atoms with E-state index in [-0.39, 0.29) is 0 Å². The van der Waals surface area contributed by atoms with E-state index in [9.17, 15) is 0 Å². The third kappa shape index (κ3) is 4.37. The highest BCUT2D eigenvalue weighted by atomic mass is 16.5. The first-order valence-electron chi connectivity index (χ1n) is 7.31. The van der Waals surface area contributed by atoms with E-state index >= 15 is 0 Å². The Bertz CT molecular complexity index is 514. The van der Waals surface area contributed by atoms with Gasteiger partial charge in [0.15, 0.2) is 0 Å². The highest BCUT2D eigenvalue weighted by Gasteiger charge is 2.00. The van der Waals surface area contributed by atoms with Gasteiger partial charge in [0.05, 0.1) is 6.61 Å². The molecule has 0 fully saturated rings. The number of rotatable bonds is 6. The number of aromatic nitrogens is 1. The topological polar surface area (TPSA) is 22.1 Å². The summed E-state index contributed by atoms with van der Waals surface area (Å²) in [6, 6.07) is 12.4. The Morgan fingerprint density at radius 2 is 1.70 bits per heavy atom. The maximum atomic E-state index is 5.75. The smallest absolute Gasteiger partial charge is 0.119 e. The first kappa shape index (κ1) is 14.6. The van der Waals surface area contributed by atoms with Gasteiger partial charge in [0, 0.05) is 17.5 Å². The van der Waals surface area contributed by atoms with E-state index in [0.29, 0.717) is 0 Å². The van der Waals surface area contributed by atoms with Crippen LogP contribution in [-0.4, -0.2) is 11.6 Å². The highest BCUT2D eigenvalue weighted by Crippen LogP contribution is 2.22. The first-order valence-corrected chi connectivity index (χ1v) is 7.31. The molecule has 1 aromatic heterocycles. The number of nitrogens with zero attached hydrogens (tertiary/aromatic N) is 1. The van der Waals surface area contributed by atoms with Crippen LogP contribution in [0.1, 0.15) is 32.4 Å². The normalized spacial score (nSPS) is 10.8. The van der Waals surface area contributed by atoms with E-state index in [2.05, 4.69) is 37.0 Å². The SMILES string of the molecule is Cc1ccc(-c2ccc(OCCCC(C)C)cc2)cn1. The maximum Gasteiger partial charge on any atom is 0.119 e. The molecule has 1 aromatic carbocycles. The molecule has 0 N–H and O–H groups in total. The van der Waals surface area contributed by atoms with Gasteiger partial charge in [-0.3, -0.25) is 4.98 Å². The lowest BCUT2D eigenvalue weighted by atomic mass is 10.1. The summed E-state index contributed by atoms with van der Waals surface area (Å²) in [6.45, 7) is 7.27. The average Bonchev–Trinajstić information content (AvgIpc) is 2.45. The summed E-state index contributed by atoms with van der Waals surface area (Å²) < 4.78 is 5.75. The molecule has 2 nitrogen and oxygen atoms in total. The van der Waals surface area contributed by atoms with Gasteiger partial charge in [-0.15, -0.1) is 0 Å². The van der Waals surface area contributed by atoms with Crippen molar-refractivity contribution in [2.75, 3.05) is 6.61 Å². The minimum atomic E-state index is 0.745. The second-order valence-corrected chi connectivity index (χ2v) is 5.60. The standard InChI is InChI=1S/C18H23NO/c1-14(2)5-4-12-20-18-10-8-16(9-11-18)17-7-6-15(3)19-13-17/h6-11,13-14H,4-5,12H2,1-3H3. The molecule has 0 spiro atoms. The zero-order valence-electron chi connectivity index (χ0n) is 12.6. The van der Waals surface area contributed by atoms with E-state index in [4.69, 9.17) is 4.74 Å². The molecule has 0 aliphatic heterocycles. The van der Waals surface area contributed by atoms with Crippen LogP contribution in [0.4, 0.5) is 0 Å². The molecule has 0 radical (unpaired) electrons. The van der Waals surface area contributed by atoms with Crippen molar-refractivity contribution in [3.8, 4) is 16.9 Å². The molecule has 0 amide bonds. The van der Waals surface area contributed by atoms with Crippen molar-refractivity contribution in [1.82, 2.24) is 4.98 Å². The lowest BCUT2D eigenvalue weighted by Crippen LogP contribution is -1.99. The number of ether oxygens (including phenoxy) is 1. The van der Waals surface area contributed by atoms with Gasteiger partial charge >= 0.3 is 0 Å². The number of benzene rings is 1. The number of aryl methyl sites for hydroxylation is 1. The van der Waals surface area contributed by atoms with Crippen LogP contribution in [0.5, 0.6) is 5.75 Å². The fourth-order valence-electron chi connectivity index (χ4n) is 2.06. The lowest BCUT2D eigenvalue weighted by molar-refractivity contribution is 0.298. The molecule has 0 saturated carbocycles. The number of hydrogen-bond acceptors (Lipinski definition) is 2. The van der Waals surface area contributed by atoms with E-state index in [1.165, 1.54) is 12.0 Å². The molecule has 106 valence electrons. The van der Waals surface area contributed by atoms with Crippen molar-refractivity contribution >= 4 is 0 Å². The van der Waals surface area contributed by atoms with Gasteiger partial charge in [-0.25, -0.2) is 0 Å². The summed E-state index contributed by atoms with van der Waals surface area (Å²) in [5.41, 5.74) is 3.35. The Morgan fingerprint density at radius 1 is 1.00 bits per heavy atom. The Morgan fingerprint density at radius 3 is 2.30 bits per heavy atom. The predicted molar refractivity (Wildman–Crippen MR) is 84.0 cm³/mol. The Hall–Kier alpha value is -1.83. The van der Waals surface area contributed by atoms with Crippen molar-refractivity contribution < 1.29 is 4.74 Å². The van der Waals surface area contributed by atoms with Crippen LogP contribution in [-0.2, 0) is 0 Å². The second-order valence-electron chi connectivity index (χ2n) is 5.60. The number of pyridine rings is 1. The Balaban J connectivity index is 1.91. The molecular weight excluding hydrogens is 246 g/mol. The molecule has 0 aliphatic carbocycles. The predicted octanol–water partition coefficient (Wildman–Crippen LogP) is 4.87. The molecule has 0 bridgehead atoms. The van der Waals surface area contributed by atoms with E-state index < -0.39 is 0 Å². The Labute approximate surface area is 121 Å². The molecule has 1 heterocycles. The van der Waals surface area contributed by atoms with Gasteiger partial charge in [0.25, 0.3) is 0 Å². The molecule has 0 saturated heterocycles. The van der Waals surface area contributed by atoms with Crippen molar-refractivity contribution in [2.45, 2.75) is 33.6 Å². The molecule has 2 aromatic rings. The minimum Gasteiger partial charge on any atom is -0.494 e. The van der Waals surface area contributed by atoms with E-state index in [1.54, 1.807) is 0 Å². The van der Waals surface area contributed by atoms with Crippen LogP contribution < -0.4 is 4.74 Å². The quantitative estimate of drug-likeness (QED) is 0.698. The zero-order valence-corrected chi connectivity index (χ0v) is 12.6. The van der Waals surface area contributed by atoms with Crippen molar-refractivity contribution in [3.63, 3.8) is 0 Å². The van der Waals surface area contributed by atoms with Gasteiger partial charge in [0.2, 0.25) is 0 Å². The maximum absolute atomic E-state index is 5.75. The molecule has 0 aliphatic rings. The van der Waals surface area contributed by atoms with Crippen LogP contribution in [0.25, 0.3) is 11.1 Å². The van der Waals surface area contributed by atoms with Crippen LogP contribution in [0, 0.1) is 12.8 Å². The summed E-state index contributed by atoms with van der Waals surface area (Å²) in [6.07, 6.45) is 4.24. The molecule has 0 unspecified atom stereocenters. The summed E-state index contributed by atoms with van der Waals surface area (Å²) in [5, 5.41) is 0. The van der Waals surface area contributed by atoms with E-state index in [0.717, 1.165) is 36.0 Å². The summed E-state index contributed by atoms with van der Waals surface area (Å²) in [5.74, 6) is 1.69. The fraction of sp³-hybridized carbons (Fsp3) is 0.389. The lowest BCUT2D eigenvalue weighted by Gasteiger charge is -2.08. The van der Waals surface area contributed by atoms with Crippen molar-refractivity contribution in [1.29, 1.82) is 0 Å². The van der Waals surface area contributed by atoms with Crippen LogP contribution in [0.2, 0.25) is 0 Å². The Kier molecular flexibility index (Phi) is 5.16. The second kappa shape index (κ2) is 7.09. The van der Waals surface area contributed by atoms with Crippen molar-refractivity contribution in [3.05, 3.63) is 48.3 Å². The van der Waals surface area contributed by atoms with Gasteiger partial charge in [0.1, 0.15) is 5.75 Å². The third-order valence-corrected chi connectivity index (χ3v) is 3.29. The molecule has 20 heavy (non-hydrogen) atoms. The first-order chi connectivity index (χ1) is 9.65. The van der Waals surface area contributed by atoms with Crippen LogP contribution in [0.15, 0.2) is 42.6 Å². The molecule has 2 heteroatoms. The molecular formula is C18H23NO. The van der Waals surface area contributed by atoms with E-state index in [1.807, 2.05) is 31.3 Å². The summed E-state index contributed by atoms with van der Waals surface area (Å²) in [7, 11) is 0. The summed E-state index contributed by atoms with van der Waals surface area (Å²) >= 11 is 0. The van der Waals surface area contributed by atoms with Crippen LogP contribution >= 0.6 is 0 Å². The monoisotopic (exact) mass is 269 g/mol. The minimum absolute atomic E-state index is 0.745. The average molecular weight is 269 g/mol. The largest absolute Gasteiger partial charge is 0.494 e.